The number of carbonyl (C=O) groups is 1. The molecule has 0 saturated carbocycles. The Hall–Kier alpha value is -1.75. The van der Waals surface area contributed by atoms with Crippen LogP contribution in [0.25, 0.3) is 0 Å². The predicted molar refractivity (Wildman–Crippen MR) is 90.4 cm³/mol. The van der Waals surface area contributed by atoms with Crippen LogP contribution >= 0.6 is 0 Å². The van der Waals surface area contributed by atoms with E-state index in [2.05, 4.69) is 15.5 Å². The van der Waals surface area contributed by atoms with E-state index in [0.717, 1.165) is 30.9 Å². The summed E-state index contributed by atoms with van der Waals surface area (Å²) < 4.78 is 0. The van der Waals surface area contributed by atoms with Gasteiger partial charge in [-0.25, -0.2) is 4.79 Å². The lowest BCUT2D eigenvalue weighted by atomic mass is 10.1. The van der Waals surface area contributed by atoms with E-state index in [9.17, 15) is 9.90 Å². The number of aliphatic hydroxyl groups excluding tert-OH is 1. The van der Waals surface area contributed by atoms with Crippen LogP contribution in [-0.2, 0) is 0 Å². The van der Waals surface area contributed by atoms with Gasteiger partial charge in [0.2, 0.25) is 0 Å². The molecule has 0 spiro atoms. The van der Waals surface area contributed by atoms with Gasteiger partial charge >= 0.3 is 6.03 Å². The van der Waals surface area contributed by atoms with Crippen LogP contribution in [0.5, 0.6) is 0 Å². The van der Waals surface area contributed by atoms with Gasteiger partial charge in [-0.3, -0.25) is 0 Å². The van der Waals surface area contributed by atoms with Crippen molar-refractivity contribution in [2.24, 2.45) is 0 Å². The van der Waals surface area contributed by atoms with Gasteiger partial charge in [-0.05, 0) is 37.8 Å². The Morgan fingerprint density at radius 3 is 2.73 bits per heavy atom. The van der Waals surface area contributed by atoms with Crippen molar-refractivity contribution in [3.8, 4) is 0 Å². The SMILES string of the molecule is CCCC(O)CNC(=O)Nc1ccccc1N1CCCCC1. The van der Waals surface area contributed by atoms with Crippen LogP contribution in [0.1, 0.15) is 39.0 Å². The number of para-hydroxylation sites is 2. The molecule has 1 saturated heterocycles. The lowest BCUT2D eigenvalue weighted by Gasteiger charge is -2.30. The highest BCUT2D eigenvalue weighted by molar-refractivity contribution is 5.93. The van der Waals surface area contributed by atoms with Gasteiger partial charge in [0.25, 0.3) is 0 Å². The molecule has 1 aromatic carbocycles. The molecular formula is C17H27N3O2. The summed E-state index contributed by atoms with van der Waals surface area (Å²) in [5.41, 5.74) is 1.90. The van der Waals surface area contributed by atoms with Crippen LogP contribution in [0, 0.1) is 0 Å². The summed E-state index contributed by atoms with van der Waals surface area (Å²) in [7, 11) is 0. The zero-order valence-corrected chi connectivity index (χ0v) is 13.3. The van der Waals surface area contributed by atoms with Gasteiger partial charge in [0.15, 0.2) is 0 Å². The molecule has 0 aromatic heterocycles. The molecule has 0 aliphatic carbocycles. The molecule has 1 unspecified atom stereocenters. The normalized spacial score (nSPS) is 16.2. The number of rotatable bonds is 6. The molecule has 1 aliphatic rings. The van der Waals surface area contributed by atoms with E-state index in [1.165, 1.54) is 19.3 Å². The first-order valence-electron chi connectivity index (χ1n) is 8.27. The summed E-state index contributed by atoms with van der Waals surface area (Å²) in [4.78, 5) is 14.3. The number of hydrogen-bond acceptors (Lipinski definition) is 3. The van der Waals surface area contributed by atoms with Crippen molar-refractivity contribution in [3.05, 3.63) is 24.3 Å². The topological polar surface area (TPSA) is 64.6 Å². The molecule has 1 aromatic rings. The van der Waals surface area contributed by atoms with Crippen molar-refractivity contribution in [3.63, 3.8) is 0 Å². The third-order valence-electron chi connectivity index (χ3n) is 3.97. The molecule has 2 amide bonds. The van der Waals surface area contributed by atoms with Crippen molar-refractivity contribution in [1.82, 2.24) is 5.32 Å². The zero-order chi connectivity index (χ0) is 15.8. The fraction of sp³-hybridized carbons (Fsp3) is 0.588. The van der Waals surface area contributed by atoms with Crippen LogP contribution in [0.15, 0.2) is 24.3 Å². The molecule has 0 bridgehead atoms. The smallest absolute Gasteiger partial charge is 0.319 e. The molecule has 2 rings (SSSR count). The summed E-state index contributed by atoms with van der Waals surface area (Å²) >= 11 is 0. The number of aliphatic hydroxyl groups is 1. The Morgan fingerprint density at radius 2 is 2.00 bits per heavy atom. The highest BCUT2D eigenvalue weighted by atomic mass is 16.3. The molecule has 0 radical (unpaired) electrons. The van der Waals surface area contributed by atoms with E-state index in [4.69, 9.17) is 0 Å². The molecule has 22 heavy (non-hydrogen) atoms. The van der Waals surface area contributed by atoms with Crippen LogP contribution in [0.3, 0.4) is 0 Å². The Bertz CT molecular complexity index is 473. The number of carbonyl (C=O) groups excluding carboxylic acids is 1. The quantitative estimate of drug-likeness (QED) is 0.757. The molecule has 122 valence electrons. The van der Waals surface area contributed by atoms with Crippen LogP contribution in [-0.4, -0.2) is 36.9 Å². The van der Waals surface area contributed by atoms with Gasteiger partial charge in [0.05, 0.1) is 17.5 Å². The standard InChI is InChI=1S/C17H27N3O2/c1-2-8-14(21)13-18-17(22)19-15-9-4-5-10-16(15)20-11-6-3-7-12-20/h4-5,9-10,14,21H,2-3,6-8,11-13H2,1H3,(H2,18,19,22). The number of hydrogen-bond donors (Lipinski definition) is 3. The minimum Gasteiger partial charge on any atom is -0.391 e. The van der Waals surface area contributed by atoms with E-state index in [0.29, 0.717) is 6.42 Å². The fourth-order valence-electron chi connectivity index (χ4n) is 2.80. The van der Waals surface area contributed by atoms with Crippen molar-refractivity contribution < 1.29 is 9.90 Å². The largest absolute Gasteiger partial charge is 0.391 e. The Balaban J connectivity index is 1.92. The Kier molecular flexibility index (Phi) is 6.52. The number of piperidine rings is 1. The second-order valence-corrected chi connectivity index (χ2v) is 5.84. The molecule has 1 atom stereocenters. The summed E-state index contributed by atoms with van der Waals surface area (Å²) in [5.74, 6) is 0. The van der Waals surface area contributed by atoms with E-state index in [1.54, 1.807) is 0 Å². The number of nitrogens with zero attached hydrogens (tertiary/aromatic N) is 1. The number of benzene rings is 1. The summed E-state index contributed by atoms with van der Waals surface area (Å²) in [6.45, 7) is 4.37. The monoisotopic (exact) mass is 305 g/mol. The lowest BCUT2D eigenvalue weighted by molar-refractivity contribution is 0.162. The van der Waals surface area contributed by atoms with Gasteiger partial charge in [0.1, 0.15) is 0 Å². The third kappa shape index (κ3) is 4.91. The van der Waals surface area contributed by atoms with Crippen molar-refractivity contribution in [1.29, 1.82) is 0 Å². The first kappa shape index (κ1) is 16.6. The molecule has 1 heterocycles. The fourth-order valence-corrected chi connectivity index (χ4v) is 2.80. The van der Waals surface area contributed by atoms with Crippen LogP contribution < -0.4 is 15.5 Å². The summed E-state index contributed by atoms with van der Waals surface area (Å²) in [6.07, 6.45) is 4.80. The number of urea groups is 1. The second kappa shape index (κ2) is 8.63. The predicted octanol–water partition coefficient (Wildman–Crippen LogP) is 2.96. The Morgan fingerprint density at radius 1 is 1.27 bits per heavy atom. The summed E-state index contributed by atoms with van der Waals surface area (Å²) in [6, 6.07) is 7.63. The average molecular weight is 305 g/mol. The van der Waals surface area contributed by atoms with Crippen molar-refractivity contribution in [2.45, 2.75) is 45.1 Å². The van der Waals surface area contributed by atoms with Gasteiger partial charge in [0, 0.05) is 19.6 Å². The van der Waals surface area contributed by atoms with Crippen LogP contribution in [0.2, 0.25) is 0 Å². The summed E-state index contributed by atoms with van der Waals surface area (Å²) in [5, 5.41) is 15.3. The molecule has 3 N–H and O–H groups in total. The van der Waals surface area contributed by atoms with Gasteiger partial charge < -0.3 is 20.6 Å². The zero-order valence-electron chi connectivity index (χ0n) is 13.3. The second-order valence-electron chi connectivity index (χ2n) is 5.84. The van der Waals surface area contributed by atoms with E-state index >= 15 is 0 Å². The first-order chi connectivity index (χ1) is 10.7. The highest BCUT2D eigenvalue weighted by Gasteiger charge is 2.15. The van der Waals surface area contributed by atoms with E-state index in [1.807, 2.05) is 31.2 Å². The number of amides is 2. The maximum absolute atomic E-state index is 12.0. The van der Waals surface area contributed by atoms with E-state index in [-0.39, 0.29) is 12.6 Å². The van der Waals surface area contributed by atoms with Crippen LogP contribution in [0.4, 0.5) is 16.2 Å². The average Bonchev–Trinajstić information content (AvgIpc) is 2.55. The molecule has 1 fully saturated rings. The van der Waals surface area contributed by atoms with Gasteiger partial charge in [-0.2, -0.15) is 0 Å². The third-order valence-corrected chi connectivity index (χ3v) is 3.97. The maximum atomic E-state index is 12.0. The van der Waals surface area contributed by atoms with Crippen molar-refractivity contribution in [2.75, 3.05) is 29.9 Å². The minimum atomic E-state index is -0.479. The van der Waals surface area contributed by atoms with Crippen molar-refractivity contribution >= 4 is 17.4 Å². The molecule has 1 aliphatic heterocycles. The minimum absolute atomic E-state index is 0.264. The number of nitrogens with one attached hydrogen (secondary N) is 2. The number of anilines is 2. The molecule has 5 nitrogen and oxygen atoms in total. The van der Waals surface area contributed by atoms with E-state index < -0.39 is 6.10 Å². The highest BCUT2D eigenvalue weighted by Crippen LogP contribution is 2.28. The molecule has 5 heteroatoms. The Labute approximate surface area is 132 Å². The molecular weight excluding hydrogens is 278 g/mol. The maximum Gasteiger partial charge on any atom is 0.319 e. The van der Waals surface area contributed by atoms with Gasteiger partial charge in [-0.15, -0.1) is 0 Å². The lowest BCUT2D eigenvalue weighted by Crippen LogP contribution is -2.36. The van der Waals surface area contributed by atoms with Gasteiger partial charge in [-0.1, -0.05) is 25.5 Å². The first-order valence-corrected chi connectivity index (χ1v) is 8.27.